The molecule has 5 heteroatoms. The van der Waals surface area contributed by atoms with Crippen LogP contribution in [0.25, 0.3) is 0 Å². The van der Waals surface area contributed by atoms with Crippen LogP contribution in [0.5, 0.6) is 5.75 Å². The maximum atomic E-state index is 12.1. The lowest BCUT2D eigenvalue weighted by molar-refractivity contribution is -0.125. The van der Waals surface area contributed by atoms with Crippen LogP contribution in [0.2, 0.25) is 0 Å². The Morgan fingerprint density at radius 3 is 2.95 bits per heavy atom. The Labute approximate surface area is 118 Å². The summed E-state index contributed by atoms with van der Waals surface area (Å²) in [7, 11) is 0. The van der Waals surface area contributed by atoms with Crippen LogP contribution in [0.3, 0.4) is 0 Å². The van der Waals surface area contributed by atoms with E-state index in [1.165, 1.54) is 0 Å². The van der Waals surface area contributed by atoms with E-state index in [9.17, 15) is 9.59 Å². The molecule has 0 aromatic heterocycles. The third kappa shape index (κ3) is 2.66. The quantitative estimate of drug-likeness (QED) is 0.857. The number of hydrogen-bond donors (Lipinski definition) is 1. The van der Waals surface area contributed by atoms with Crippen molar-refractivity contribution in [2.75, 3.05) is 16.8 Å². The molecule has 1 heterocycles. The van der Waals surface area contributed by atoms with Crippen LogP contribution in [0.4, 0.5) is 11.4 Å². The lowest BCUT2D eigenvalue weighted by Crippen LogP contribution is -2.44. The first-order valence-electron chi connectivity index (χ1n) is 6.59. The zero-order valence-electron chi connectivity index (χ0n) is 11.7. The molecule has 0 spiro atoms. The minimum atomic E-state index is -0.515. The monoisotopic (exact) mass is 274 g/mol. The summed E-state index contributed by atoms with van der Waals surface area (Å²) in [5, 5.41) is 2.77. The van der Waals surface area contributed by atoms with Crippen LogP contribution < -0.4 is 15.0 Å². The van der Waals surface area contributed by atoms with Gasteiger partial charge in [-0.2, -0.15) is 0 Å². The second-order valence-corrected chi connectivity index (χ2v) is 4.58. The molecular weight excluding hydrogens is 256 g/mol. The van der Waals surface area contributed by atoms with Crippen LogP contribution >= 0.6 is 0 Å². The van der Waals surface area contributed by atoms with Gasteiger partial charge in [-0.3, -0.25) is 9.59 Å². The maximum absolute atomic E-state index is 12.1. The van der Waals surface area contributed by atoms with Crippen molar-refractivity contribution in [2.45, 2.75) is 26.4 Å². The zero-order valence-corrected chi connectivity index (χ0v) is 11.7. The summed E-state index contributed by atoms with van der Waals surface area (Å²) in [6.07, 6.45) is 1.55. The summed E-state index contributed by atoms with van der Waals surface area (Å²) in [6, 6.07) is 5.27. The van der Waals surface area contributed by atoms with Crippen molar-refractivity contribution in [2.24, 2.45) is 0 Å². The van der Waals surface area contributed by atoms with E-state index >= 15 is 0 Å². The Morgan fingerprint density at radius 2 is 2.30 bits per heavy atom. The molecule has 1 unspecified atom stereocenters. The number of benzene rings is 1. The van der Waals surface area contributed by atoms with E-state index in [0.717, 1.165) is 0 Å². The molecule has 1 aliphatic heterocycles. The predicted octanol–water partition coefficient (Wildman–Crippen LogP) is 2.33. The molecule has 1 aliphatic rings. The second kappa shape index (κ2) is 5.77. The minimum Gasteiger partial charge on any atom is -0.479 e. The fraction of sp³-hybridized carbons (Fsp3) is 0.333. The summed E-state index contributed by atoms with van der Waals surface area (Å²) < 4.78 is 5.57. The summed E-state index contributed by atoms with van der Waals surface area (Å²) in [5.41, 5.74) is 1.30. The van der Waals surface area contributed by atoms with Gasteiger partial charge in [0.2, 0.25) is 5.91 Å². The third-order valence-electron chi connectivity index (χ3n) is 3.08. The molecular formula is C15H18N2O3. The Morgan fingerprint density at radius 1 is 1.55 bits per heavy atom. The first-order valence-corrected chi connectivity index (χ1v) is 6.59. The van der Waals surface area contributed by atoms with Gasteiger partial charge in [-0.1, -0.05) is 13.0 Å². The molecule has 106 valence electrons. The number of carbonyl (C=O) groups excluding carboxylic acids is 2. The van der Waals surface area contributed by atoms with E-state index in [2.05, 4.69) is 11.9 Å². The topological polar surface area (TPSA) is 58.6 Å². The second-order valence-electron chi connectivity index (χ2n) is 4.58. The molecule has 0 radical (unpaired) electrons. The van der Waals surface area contributed by atoms with Gasteiger partial charge in [-0.15, -0.1) is 6.58 Å². The van der Waals surface area contributed by atoms with Gasteiger partial charge in [-0.25, -0.2) is 0 Å². The molecule has 20 heavy (non-hydrogen) atoms. The van der Waals surface area contributed by atoms with E-state index in [1.54, 1.807) is 43.0 Å². The van der Waals surface area contributed by atoms with Crippen molar-refractivity contribution < 1.29 is 14.3 Å². The van der Waals surface area contributed by atoms with E-state index in [0.29, 0.717) is 30.1 Å². The lowest BCUT2D eigenvalue weighted by atomic mass is 10.1. The molecule has 0 saturated carbocycles. The van der Waals surface area contributed by atoms with Gasteiger partial charge in [-0.05, 0) is 25.1 Å². The molecule has 1 aromatic rings. The number of fused-ring (bicyclic) bond motifs is 1. The van der Waals surface area contributed by atoms with E-state index < -0.39 is 6.10 Å². The Kier molecular flexibility index (Phi) is 4.08. The van der Waals surface area contributed by atoms with Crippen LogP contribution in [-0.2, 0) is 9.59 Å². The third-order valence-corrected chi connectivity index (χ3v) is 3.08. The Hall–Kier alpha value is -2.30. The highest BCUT2D eigenvalue weighted by atomic mass is 16.5. The molecule has 5 nitrogen and oxygen atoms in total. The first kappa shape index (κ1) is 14.1. The van der Waals surface area contributed by atoms with Gasteiger partial charge in [0, 0.05) is 18.7 Å². The van der Waals surface area contributed by atoms with Gasteiger partial charge in [0.1, 0.15) is 5.75 Å². The van der Waals surface area contributed by atoms with Gasteiger partial charge in [0.15, 0.2) is 6.10 Å². The largest absolute Gasteiger partial charge is 0.479 e. The van der Waals surface area contributed by atoms with Gasteiger partial charge in [0.25, 0.3) is 5.91 Å². The molecule has 0 aliphatic carbocycles. The molecule has 1 aromatic carbocycles. The average molecular weight is 274 g/mol. The van der Waals surface area contributed by atoms with Crippen molar-refractivity contribution in [1.29, 1.82) is 0 Å². The summed E-state index contributed by atoms with van der Waals surface area (Å²) in [5.74, 6) is 0.446. The normalized spacial score (nSPS) is 17.2. The zero-order chi connectivity index (χ0) is 14.7. The number of nitrogens with one attached hydrogen (secondary N) is 1. The summed E-state index contributed by atoms with van der Waals surface area (Å²) in [6.45, 7) is 7.57. The molecule has 1 N–H and O–H groups in total. The van der Waals surface area contributed by atoms with E-state index in [4.69, 9.17) is 4.74 Å². The van der Waals surface area contributed by atoms with Crippen LogP contribution in [0, 0.1) is 0 Å². The first-order chi connectivity index (χ1) is 9.56. The predicted molar refractivity (Wildman–Crippen MR) is 78.0 cm³/mol. The van der Waals surface area contributed by atoms with Crippen molar-refractivity contribution in [3.63, 3.8) is 0 Å². The number of nitrogens with zero attached hydrogens (tertiary/aromatic N) is 1. The lowest BCUT2D eigenvalue weighted by Gasteiger charge is -2.32. The minimum absolute atomic E-state index is 0.0726. The number of hydrogen-bond acceptors (Lipinski definition) is 3. The Balaban J connectivity index is 2.37. The van der Waals surface area contributed by atoms with Gasteiger partial charge in [0.05, 0.1) is 5.69 Å². The highest BCUT2D eigenvalue weighted by molar-refractivity contribution is 6.01. The van der Waals surface area contributed by atoms with Crippen molar-refractivity contribution in [3.8, 4) is 5.75 Å². The van der Waals surface area contributed by atoms with Gasteiger partial charge < -0.3 is 15.0 Å². The van der Waals surface area contributed by atoms with E-state index in [-0.39, 0.29) is 11.8 Å². The number of amides is 2. The molecule has 2 amide bonds. The molecule has 0 saturated heterocycles. The smallest absolute Gasteiger partial charge is 0.268 e. The van der Waals surface area contributed by atoms with Crippen molar-refractivity contribution in [1.82, 2.24) is 0 Å². The highest BCUT2D eigenvalue weighted by Crippen LogP contribution is 2.36. The fourth-order valence-corrected chi connectivity index (χ4v) is 2.05. The number of anilines is 2. The SMILES string of the molecule is C=CCN1C(=O)C(C)Oc2ccc(NC(=O)CC)cc21. The fourth-order valence-electron chi connectivity index (χ4n) is 2.05. The van der Waals surface area contributed by atoms with Gasteiger partial charge >= 0.3 is 0 Å². The molecule has 0 fully saturated rings. The maximum Gasteiger partial charge on any atom is 0.268 e. The van der Waals surface area contributed by atoms with Crippen LogP contribution in [0.1, 0.15) is 20.3 Å². The van der Waals surface area contributed by atoms with Crippen LogP contribution in [0.15, 0.2) is 30.9 Å². The highest BCUT2D eigenvalue weighted by Gasteiger charge is 2.30. The van der Waals surface area contributed by atoms with Crippen molar-refractivity contribution >= 4 is 23.2 Å². The molecule has 1 atom stereocenters. The average Bonchev–Trinajstić information content (AvgIpc) is 2.44. The number of carbonyl (C=O) groups is 2. The van der Waals surface area contributed by atoms with Crippen molar-refractivity contribution in [3.05, 3.63) is 30.9 Å². The Bertz CT molecular complexity index is 554. The van der Waals surface area contributed by atoms with E-state index in [1.807, 2.05) is 0 Å². The molecule has 2 rings (SSSR count). The number of ether oxygens (including phenoxy) is 1. The standard InChI is InChI=1S/C15H18N2O3/c1-4-8-17-12-9-11(16-14(18)5-2)6-7-13(12)20-10(3)15(17)19/h4,6-7,9-10H,1,5,8H2,2-3H3,(H,16,18). The summed E-state index contributed by atoms with van der Waals surface area (Å²) >= 11 is 0. The molecule has 0 bridgehead atoms. The summed E-state index contributed by atoms with van der Waals surface area (Å²) in [4.78, 5) is 25.2. The number of rotatable bonds is 4. The van der Waals surface area contributed by atoms with Crippen LogP contribution in [-0.4, -0.2) is 24.5 Å².